The summed E-state index contributed by atoms with van der Waals surface area (Å²) in [6, 6.07) is 5.47. The SMILES string of the molecule is CCC(=O)Nc1cccc(Cl)c1C. The predicted octanol–water partition coefficient (Wildman–Crippen LogP) is 3.00. The lowest BCUT2D eigenvalue weighted by Gasteiger charge is -2.07. The molecule has 0 heterocycles. The van der Waals surface area contributed by atoms with Crippen LogP contribution in [0.3, 0.4) is 0 Å². The molecule has 13 heavy (non-hydrogen) atoms. The van der Waals surface area contributed by atoms with Crippen LogP contribution in [0.1, 0.15) is 18.9 Å². The Balaban J connectivity index is 2.89. The van der Waals surface area contributed by atoms with Crippen molar-refractivity contribution < 1.29 is 4.79 Å². The molecule has 0 saturated carbocycles. The molecule has 70 valence electrons. The Morgan fingerprint density at radius 1 is 1.54 bits per heavy atom. The number of nitrogens with one attached hydrogen (secondary N) is 1. The molecule has 0 fully saturated rings. The monoisotopic (exact) mass is 197 g/mol. The highest BCUT2D eigenvalue weighted by molar-refractivity contribution is 6.31. The van der Waals surface area contributed by atoms with E-state index in [1.165, 1.54) is 0 Å². The first-order valence-electron chi connectivity index (χ1n) is 4.20. The normalized spacial score (nSPS) is 9.77. The summed E-state index contributed by atoms with van der Waals surface area (Å²) in [4.78, 5) is 11.1. The molecule has 1 rings (SSSR count). The fourth-order valence-electron chi connectivity index (χ4n) is 0.981. The van der Waals surface area contributed by atoms with Crippen LogP contribution in [-0.4, -0.2) is 5.91 Å². The third-order valence-electron chi connectivity index (χ3n) is 1.86. The van der Waals surface area contributed by atoms with Crippen molar-refractivity contribution in [2.45, 2.75) is 20.3 Å². The van der Waals surface area contributed by atoms with Crippen LogP contribution < -0.4 is 5.32 Å². The van der Waals surface area contributed by atoms with Gasteiger partial charge in [-0.2, -0.15) is 0 Å². The molecule has 0 spiro atoms. The highest BCUT2D eigenvalue weighted by Crippen LogP contribution is 2.22. The highest BCUT2D eigenvalue weighted by atomic mass is 35.5. The molecule has 0 aliphatic rings. The minimum absolute atomic E-state index is 0.00497. The van der Waals surface area contributed by atoms with E-state index in [4.69, 9.17) is 11.6 Å². The van der Waals surface area contributed by atoms with Crippen molar-refractivity contribution in [3.63, 3.8) is 0 Å². The Kier molecular flexibility index (Phi) is 3.32. The third-order valence-corrected chi connectivity index (χ3v) is 2.27. The van der Waals surface area contributed by atoms with Gasteiger partial charge in [0.25, 0.3) is 0 Å². The van der Waals surface area contributed by atoms with Gasteiger partial charge in [0.15, 0.2) is 0 Å². The molecule has 0 aliphatic heterocycles. The molecular formula is C10H12ClNO. The first kappa shape index (κ1) is 10.1. The molecule has 0 aliphatic carbocycles. The fourth-order valence-corrected chi connectivity index (χ4v) is 1.16. The molecule has 0 aromatic heterocycles. The van der Waals surface area contributed by atoms with Gasteiger partial charge in [-0.05, 0) is 24.6 Å². The number of halogens is 1. The minimum atomic E-state index is 0.00497. The largest absolute Gasteiger partial charge is 0.326 e. The first-order valence-corrected chi connectivity index (χ1v) is 4.58. The number of rotatable bonds is 2. The second kappa shape index (κ2) is 4.28. The van der Waals surface area contributed by atoms with Crippen molar-refractivity contribution in [3.8, 4) is 0 Å². The molecule has 1 amide bonds. The van der Waals surface area contributed by atoms with E-state index in [-0.39, 0.29) is 5.91 Å². The second-order valence-electron chi connectivity index (χ2n) is 2.81. The molecule has 1 aromatic carbocycles. The lowest BCUT2D eigenvalue weighted by atomic mass is 10.2. The average Bonchev–Trinajstić information content (AvgIpc) is 2.13. The Labute approximate surface area is 82.9 Å². The van der Waals surface area contributed by atoms with E-state index in [1.54, 1.807) is 6.07 Å². The lowest BCUT2D eigenvalue weighted by molar-refractivity contribution is -0.115. The number of carbonyl (C=O) groups is 1. The molecule has 0 unspecified atom stereocenters. The van der Waals surface area contributed by atoms with Gasteiger partial charge in [0.1, 0.15) is 0 Å². The standard InChI is InChI=1S/C10H12ClNO/c1-3-10(13)12-9-6-4-5-8(11)7(9)2/h4-6H,3H2,1-2H3,(H,12,13). The zero-order chi connectivity index (χ0) is 9.84. The van der Waals surface area contributed by atoms with Crippen LogP contribution in [0.5, 0.6) is 0 Å². The quantitative estimate of drug-likeness (QED) is 0.776. The summed E-state index contributed by atoms with van der Waals surface area (Å²) in [6.45, 7) is 3.70. The summed E-state index contributed by atoms with van der Waals surface area (Å²) in [7, 11) is 0. The Bertz CT molecular complexity index is 323. The van der Waals surface area contributed by atoms with Crippen LogP contribution >= 0.6 is 11.6 Å². The summed E-state index contributed by atoms with van der Waals surface area (Å²) in [5.41, 5.74) is 1.70. The summed E-state index contributed by atoms with van der Waals surface area (Å²) in [5.74, 6) is 0.00497. The van der Waals surface area contributed by atoms with Crippen molar-refractivity contribution >= 4 is 23.2 Å². The van der Waals surface area contributed by atoms with Crippen molar-refractivity contribution in [1.29, 1.82) is 0 Å². The van der Waals surface area contributed by atoms with Crippen LogP contribution in [0, 0.1) is 6.92 Å². The molecule has 3 heteroatoms. The van der Waals surface area contributed by atoms with Crippen LogP contribution in [0.25, 0.3) is 0 Å². The van der Waals surface area contributed by atoms with Gasteiger partial charge in [0.05, 0.1) is 0 Å². The number of amides is 1. The van der Waals surface area contributed by atoms with Gasteiger partial charge < -0.3 is 5.32 Å². The van der Waals surface area contributed by atoms with Gasteiger partial charge in [-0.3, -0.25) is 4.79 Å². The summed E-state index contributed by atoms with van der Waals surface area (Å²) in [5, 5.41) is 3.45. The van der Waals surface area contributed by atoms with E-state index in [9.17, 15) is 4.79 Å². The molecular weight excluding hydrogens is 186 g/mol. The van der Waals surface area contributed by atoms with Crippen LogP contribution in [-0.2, 0) is 4.79 Å². The Morgan fingerprint density at radius 3 is 2.85 bits per heavy atom. The Morgan fingerprint density at radius 2 is 2.23 bits per heavy atom. The molecule has 0 atom stereocenters. The van der Waals surface area contributed by atoms with E-state index in [0.717, 1.165) is 11.3 Å². The zero-order valence-electron chi connectivity index (χ0n) is 7.73. The third kappa shape index (κ3) is 2.46. The number of carbonyl (C=O) groups excluding carboxylic acids is 1. The molecule has 0 radical (unpaired) electrons. The fraction of sp³-hybridized carbons (Fsp3) is 0.300. The summed E-state index contributed by atoms with van der Waals surface area (Å²) in [6.07, 6.45) is 0.478. The van der Waals surface area contributed by atoms with Gasteiger partial charge in [-0.1, -0.05) is 24.6 Å². The Hall–Kier alpha value is -1.02. The van der Waals surface area contributed by atoms with Gasteiger partial charge in [-0.25, -0.2) is 0 Å². The lowest BCUT2D eigenvalue weighted by Crippen LogP contribution is -2.10. The predicted molar refractivity (Wildman–Crippen MR) is 55.1 cm³/mol. The van der Waals surface area contributed by atoms with E-state index in [2.05, 4.69) is 5.32 Å². The van der Waals surface area contributed by atoms with E-state index in [0.29, 0.717) is 11.4 Å². The maximum absolute atomic E-state index is 11.1. The van der Waals surface area contributed by atoms with Crippen molar-refractivity contribution in [2.75, 3.05) is 5.32 Å². The first-order chi connectivity index (χ1) is 6.15. The van der Waals surface area contributed by atoms with Gasteiger partial charge in [0.2, 0.25) is 5.91 Å². The maximum Gasteiger partial charge on any atom is 0.224 e. The topological polar surface area (TPSA) is 29.1 Å². The van der Waals surface area contributed by atoms with Crippen LogP contribution in [0.4, 0.5) is 5.69 Å². The van der Waals surface area contributed by atoms with Crippen molar-refractivity contribution in [3.05, 3.63) is 28.8 Å². The number of hydrogen-bond donors (Lipinski definition) is 1. The van der Waals surface area contributed by atoms with Crippen molar-refractivity contribution in [1.82, 2.24) is 0 Å². The van der Waals surface area contributed by atoms with Gasteiger partial charge in [-0.15, -0.1) is 0 Å². The molecule has 2 nitrogen and oxygen atoms in total. The van der Waals surface area contributed by atoms with Crippen LogP contribution in [0.2, 0.25) is 5.02 Å². The zero-order valence-corrected chi connectivity index (χ0v) is 8.48. The van der Waals surface area contributed by atoms with Crippen LogP contribution in [0.15, 0.2) is 18.2 Å². The summed E-state index contributed by atoms with van der Waals surface area (Å²) < 4.78 is 0. The van der Waals surface area contributed by atoms with E-state index in [1.807, 2.05) is 26.0 Å². The number of anilines is 1. The highest BCUT2D eigenvalue weighted by Gasteiger charge is 2.03. The number of hydrogen-bond acceptors (Lipinski definition) is 1. The van der Waals surface area contributed by atoms with Gasteiger partial charge in [0, 0.05) is 17.1 Å². The van der Waals surface area contributed by atoms with Crippen molar-refractivity contribution in [2.24, 2.45) is 0 Å². The smallest absolute Gasteiger partial charge is 0.224 e. The second-order valence-corrected chi connectivity index (χ2v) is 3.22. The molecule has 0 bridgehead atoms. The molecule has 1 N–H and O–H groups in total. The molecule has 1 aromatic rings. The average molecular weight is 198 g/mol. The number of benzene rings is 1. The van der Waals surface area contributed by atoms with Gasteiger partial charge >= 0.3 is 0 Å². The van der Waals surface area contributed by atoms with E-state index < -0.39 is 0 Å². The van der Waals surface area contributed by atoms with E-state index >= 15 is 0 Å². The summed E-state index contributed by atoms with van der Waals surface area (Å²) >= 11 is 5.89. The molecule has 0 saturated heterocycles. The maximum atomic E-state index is 11.1. The minimum Gasteiger partial charge on any atom is -0.326 e.